The molecule has 0 saturated heterocycles. The summed E-state index contributed by atoms with van der Waals surface area (Å²) in [5.74, 6) is -0.480. The molecule has 154 valence electrons. The molecular formula is C22H25N2NaO4S. The van der Waals surface area contributed by atoms with E-state index in [0.717, 1.165) is 18.4 Å². The first-order valence-electron chi connectivity index (χ1n) is 9.62. The molecule has 6 nitrogen and oxygen atoms in total. The maximum absolute atomic E-state index is 13.7. The van der Waals surface area contributed by atoms with Crippen molar-refractivity contribution in [1.82, 2.24) is 0 Å². The fourth-order valence-electron chi connectivity index (χ4n) is 4.05. The van der Waals surface area contributed by atoms with Crippen molar-refractivity contribution in [3.05, 3.63) is 65.2 Å². The van der Waals surface area contributed by atoms with Crippen LogP contribution in [0.15, 0.2) is 63.4 Å². The van der Waals surface area contributed by atoms with Crippen molar-refractivity contribution in [1.29, 1.82) is 0 Å². The number of ketones is 1. The van der Waals surface area contributed by atoms with Gasteiger partial charge in [-0.05, 0) is 31.0 Å². The van der Waals surface area contributed by atoms with Crippen LogP contribution in [0.5, 0.6) is 0 Å². The van der Waals surface area contributed by atoms with E-state index in [-0.39, 0.29) is 57.4 Å². The van der Waals surface area contributed by atoms with E-state index in [1.165, 1.54) is 0 Å². The molecule has 0 saturated carbocycles. The minimum absolute atomic E-state index is 0. The molecule has 1 unspecified atom stereocenters. The number of fused-ring (bicyclic) bond motifs is 2. The van der Waals surface area contributed by atoms with Crippen LogP contribution < -0.4 is 5.32 Å². The van der Waals surface area contributed by atoms with Gasteiger partial charge in [0.15, 0.2) is 11.6 Å². The van der Waals surface area contributed by atoms with Crippen molar-refractivity contribution < 1.29 is 19.0 Å². The van der Waals surface area contributed by atoms with Gasteiger partial charge in [0.05, 0.1) is 11.1 Å². The van der Waals surface area contributed by atoms with Crippen LogP contribution in [0.25, 0.3) is 5.76 Å². The van der Waals surface area contributed by atoms with Gasteiger partial charge in [0.2, 0.25) is 0 Å². The Balaban J connectivity index is 0.00000256. The number of unbranched alkanes of at least 4 members (excludes halogenated alkanes) is 1. The summed E-state index contributed by atoms with van der Waals surface area (Å²) in [6.45, 7) is 3.95. The second-order valence-corrected chi connectivity index (χ2v) is 9.27. The Morgan fingerprint density at radius 1 is 1.10 bits per heavy atom. The number of carbonyl (C=O) groups excluding carboxylic acids is 1. The third-order valence-electron chi connectivity index (χ3n) is 5.66. The number of hydrogen-bond acceptors (Lipinski definition) is 6. The van der Waals surface area contributed by atoms with Gasteiger partial charge >= 0.3 is 29.6 Å². The van der Waals surface area contributed by atoms with Gasteiger partial charge < -0.3 is 10.4 Å². The normalized spacial score (nSPS) is 22.8. The topological polar surface area (TPSA) is 102 Å². The number of rotatable bonds is 4. The average molecular weight is 437 g/mol. The van der Waals surface area contributed by atoms with Gasteiger partial charge in [0, 0.05) is 5.56 Å². The first-order valence-corrected chi connectivity index (χ1v) is 11.1. The molecule has 1 aliphatic carbocycles. The van der Waals surface area contributed by atoms with Crippen LogP contribution in [-0.2, 0) is 10.2 Å². The number of hydrogen-bond donors (Lipinski definition) is 4. The zero-order chi connectivity index (χ0) is 20.8. The van der Waals surface area contributed by atoms with Gasteiger partial charge in [0.25, 0.3) is 0 Å². The van der Waals surface area contributed by atoms with Crippen LogP contribution in [0.3, 0.4) is 0 Å². The van der Waals surface area contributed by atoms with E-state index in [4.69, 9.17) is 0 Å². The molecule has 0 radical (unpaired) electrons. The van der Waals surface area contributed by atoms with E-state index < -0.39 is 16.2 Å². The van der Waals surface area contributed by atoms with Crippen LogP contribution in [0.4, 0.5) is 5.69 Å². The molecule has 0 aromatic heterocycles. The molecule has 2 aromatic carbocycles. The number of carbonyl (C=O) groups is 1. The number of amidine groups is 1. The fourth-order valence-corrected chi connectivity index (χ4v) is 5.22. The van der Waals surface area contributed by atoms with Crippen molar-refractivity contribution in [2.24, 2.45) is 4.40 Å². The number of aliphatic hydroxyl groups is 1. The first-order chi connectivity index (χ1) is 13.8. The van der Waals surface area contributed by atoms with Gasteiger partial charge in [-0.3, -0.25) is 13.9 Å². The molecule has 2 aliphatic rings. The maximum atomic E-state index is 13.7. The average Bonchev–Trinajstić information content (AvgIpc) is 2.71. The fraction of sp³-hybridized carbons (Fsp3) is 0.273. The Bertz CT molecular complexity index is 1070. The van der Waals surface area contributed by atoms with Gasteiger partial charge in [0.1, 0.15) is 16.2 Å². The quantitative estimate of drug-likeness (QED) is 0.511. The van der Waals surface area contributed by atoms with Crippen LogP contribution in [0, 0.1) is 0 Å². The molecular weight excluding hydrogens is 411 g/mol. The number of anilines is 1. The zero-order valence-electron chi connectivity index (χ0n) is 16.3. The number of nitrogens with one attached hydrogen (secondary N) is 1. The predicted octanol–water partition coefficient (Wildman–Crippen LogP) is 4.89. The molecule has 0 fully saturated rings. The minimum atomic E-state index is -3.49. The number of para-hydroxylation sites is 1. The van der Waals surface area contributed by atoms with Crippen LogP contribution in [-0.4, -0.2) is 55.4 Å². The standard InChI is InChI=1S/C22H24N2O4S.Na.H/c1-3-4-13-22(2)15-10-6-5-9-14(15)19(25)18(20(22)26)21-23-16-11-7-8-12-17(16)29(27,28)24-21;;/h5-12,25,27-28H,3-4,13H2,1-2H3,(H,23,24);;. The molecule has 30 heavy (non-hydrogen) atoms. The van der Waals surface area contributed by atoms with E-state index in [1.54, 1.807) is 30.3 Å². The summed E-state index contributed by atoms with van der Waals surface area (Å²) >= 11 is 0. The number of Topliss-reactive ketones (excluding diaryl/α,β-unsaturated/α-hetero) is 1. The molecule has 1 atom stereocenters. The molecule has 2 aromatic rings. The molecule has 4 rings (SSSR count). The summed E-state index contributed by atoms with van der Waals surface area (Å²) in [5.41, 5.74) is 0.971. The summed E-state index contributed by atoms with van der Waals surface area (Å²) in [6, 6.07) is 14.0. The van der Waals surface area contributed by atoms with Crippen LogP contribution in [0.1, 0.15) is 44.2 Å². The Hall–Kier alpha value is -1.61. The van der Waals surface area contributed by atoms with Gasteiger partial charge in [-0.1, -0.05) is 66.9 Å². The summed E-state index contributed by atoms with van der Waals surface area (Å²) in [6.07, 6.45) is 2.40. The monoisotopic (exact) mass is 436 g/mol. The van der Waals surface area contributed by atoms with E-state index in [9.17, 15) is 19.0 Å². The summed E-state index contributed by atoms with van der Waals surface area (Å²) in [7, 11) is -3.49. The predicted molar refractivity (Wildman–Crippen MR) is 124 cm³/mol. The second kappa shape index (κ2) is 8.49. The number of benzene rings is 2. The number of aliphatic hydroxyl groups excluding tert-OH is 1. The molecule has 1 aliphatic heterocycles. The van der Waals surface area contributed by atoms with Crippen molar-refractivity contribution >= 4 is 63.4 Å². The molecule has 0 amide bonds. The van der Waals surface area contributed by atoms with E-state index in [1.807, 2.05) is 25.1 Å². The molecule has 8 heteroatoms. The zero-order valence-corrected chi connectivity index (χ0v) is 17.2. The molecule has 0 bridgehead atoms. The van der Waals surface area contributed by atoms with Gasteiger partial charge in [-0.25, -0.2) is 0 Å². The van der Waals surface area contributed by atoms with Crippen LogP contribution >= 0.6 is 10.8 Å². The van der Waals surface area contributed by atoms with E-state index in [2.05, 4.69) is 16.6 Å². The van der Waals surface area contributed by atoms with E-state index >= 15 is 0 Å². The third kappa shape index (κ3) is 3.64. The SMILES string of the molecule is CCCCC1(C)C(=O)C(C2=NS(O)(O)c3ccccc3N2)=C(O)c2ccccc21.[NaH]. The Morgan fingerprint density at radius 2 is 1.77 bits per heavy atom. The Morgan fingerprint density at radius 3 is 2.50 bits per heavy atom. The molecule has 4 N–H and O–H groups in total. The van der Waals surface area contributed by atoms with Gasteiger partial charge in [-0.15, -0.1) is 4.40 Å². The van der Waals surface area contributed by atoms with Crippen molar-refractivity contribution in [2.75, 3.05) is 5.32 Å². The first kappa shape index (κ1) is 23.1. The second-order valence-electron chi connectivity index (χ2n) is 7.61. The Kier molecular flexibility index (Phi) is 6.53. The van der Waals surface area contributed by atoms with Crippen molar-refractivity contribution in [3.63, 3.8) is 0 Å². The van der Waals surface area contributed by atoms with E-state index in [0.29, 0.717) is 17.7 Å². The molecule has 0 spiro atoms. The van der Waals surface area contributed by atoms with Crippen LogP contribution in [0.2, 0.25) is 0 Å². The molecule has 1 heterocycles. The summed E-state index contributed by atoms with van der Waals surface area (Å²) in [5, 5.41) is 14.0. The summed E-state index contributed by atoms with van der Waals surface area (Å²) < 4.78 is 25.2. The van der Waals surface area contributed by atoms with Crippen molar-refractivity contribution in [2.45, 2.75) is 43.4 Å². The van der Waals surface area contributed by atoms with Crippen molar-refractivity contribution in [3.8, 4) is 0 Å². The van der Waals surface area contributed by atoms with Gasteiger partial charge in [-0.2, -0.15) is 0 Å². The summed E-state index contributed by atoms with van der Waals surface area (Å²) in [4.78, 5) is 13.9. The number of nitrogens with zero attached hydrogens (tertiary/aromatic N) is 1. The third-order valence-corrected chi connectivity index (χ3v) is 7.05. The Labute approximate surface area is 199 Å².